The van der Waals surface area contributed by atoms with E-state index in [-0.39, 0.29) is 23.4 Å². The molecule has 196 valence electrons. The van der Waals surface area contributed by atoms with Gasteiger partial charge in [0.05, 0.1) is 38.7 Å². The van der Waals surface area contributed by atoms with Crippen molar-refractivity contribution in [3.63, 3.8) is 0 Å². The van der Waals surface area contributed by atoms with Crippen molar-refractivity contribution in [1.29, 1.82) is 0 Å². The van der Waals surface area contributed by atoms with Crippen LogP contribution in [0.5, 0.6) is 0 Å². The number of hydrogen-bond donors (Lipinski definition) is 1. The molecule has 0 aromatic heterocycles. The van der Waals surface area contributed by atoms with Crippen molar-refractivity contribution in [3.05, 3.63) is 95.7 Å². The van der Waals surface area contributed by atoms with Gasteiger partial charge in [-0.1, -0.05) is 88.4 Å². The fourth-order valence-electron chi connectivity index (χ4n) is 5.27. The van der Waals surface area contributed by atoms with E-state index in [1.54, 1.807) is 0 Å². The Morgan fingerprint density at radius 3 is 2.35 bits per heavy atom. The molecule has 2 aliphatic heterocycles. The van der Waals surface area contributed by atoms with Crippen molar-refractivity contribution >= 4 is 17.6 Å². The topological polar surface area (TPSA) is 54.3 Å². The number of hydrogen-bond acceptors (Lipinski definition) is 5. The highest BCUT2D eigenvalue weighted by Crippen LogP contribution is 2.47. The van der Waals surface area contributed by atoms with E-state index in [1.807, 2.05) is 6.07 Å². The van der Waals surface area contributed by atoms with Gasteiger partial charge in [-0.15, -0.1) is 0 Å². The van der Waals surface area contributed by atoms with Crippen molar-refractivity contribution < 1.29 is 14.6 Å². The van der Waals surface area contributed by atoms with Gasteiger partial charge >= 0.3 is 0 Å². The van der Waals surface area contributed by atoms with Gasteiger partial charge < -0.3 is 19.5 Å². The number of allylic oxidation sites excluding steroid dienone is 6. The standard InChI is InChI=1S/C32H40N2O3/c1-31(2)25(24-33-28-15-10-8-13-26(28)31)12-6-5-7-17-30-32(3,4)27-14-9-11-16-29(27)34(30)18-20-36-22-23-37-21-19-35/h5-17,24-25,35H,18-23H2,1-4H3/b7-5+,12-6+,30-17+. The number of aliphatic hydroxyl groups excluding tert-OH is 1. The molecule has 0 amide bonds. The van der Waals surface area contributed by atoms with Crippen LogP contribution in [-0.4, -0.2) is 50.9 Å². The van der Waals surface area contributed by atoms with E-state index in [0.717, 1.165) is 12.2 Å². The first-order valence-corrected chi connectivity index (χ1v) is 13.2. The average molecular weight is 501 g/mol. The average Bonchev–Trinajstić information content (AvgIpc) is 3.10. The summed E-state index contributed by atoms with van der Waals surface area (Å²) in [5.41, 5.74) is 6.08. The molecule has 1 atom stereocenters. The number of para-hydroxylation sites is 2. The predicted octanol–water partition coefficient (Wildman–Crippen LogP) is 6.12. The molecule has 0 radical (unpaired) electrons. The van der Waals surface area contributed by atoms with E-state index in [0.29, 0.717) is 26.4 Å². The van der Waals surface area contributed by atoms with Gasteiger partial charge in [-0.2, -0.15) is 0 Å². The minimum absolute atomic E-state index is 0.00380. The Labute approximate surface area is 221 Å². The van der Waals surface area contributed by atoms with Gasteiger partial charge in [-0.05, 0) is 29.3 Å². The second-order valence-corrected chi connectivity index (χ2v) is 10.6. The van der Waals surface area contributed by atoms with Crippen molar-refractivity contribution in [2.45, 2.75) is 38.5 Å². The van der Waals surface area contributed by atoms with Crippen molar-refractivity contribution in [3.8, 4) is 0 Å². The zero-order valence-electron chi connectivity index (χ0n) is 22.6. The van der Waals surface area contributed by atoms with Crippen molar-refractivity contribution in [2.75, 3.05) is 44.5 Å². The maximum absolute atomic E-state index is 8.82. The summed E-state index contributed by atoms with van der Waals surface area (Å²) in [6.07, 6.45) is 12.9. The van der Waals surface area contributed by atoms with Gasteiger partial charge in [-0.3, -0.25) is 4.99 Å². The molecule has 2 aromatic carbocycles. The highest BCUT2D eigenvalue weighted by atomic mass is 16.5. The lowest BCUT2D eigenvalue weighted by molar-refractivity contribution is 0.0353. The molecule has 2 aliphatic rings. The zero-order chi connectivity index (χ0) is 26.3. The molecule has 0 saturated heterocycles. The Morgan fingerprint density at radius 2 is 1.57 bits per heavy atom. The van der Waals surface area contributed by atoms with E-state index in [4.69, 9.17) is 19.6 Å². The zero-order valence-corrected chi connectivity index (χ0v) is 22.6. The molecule has 5 heteroatoms. The van der Waals surface area contributed by atoms with Crippen LogP contribution in [0.3, 0.4) is 0 Å². The maximum Gasteiger partial charge on any atom is 0.0701 e. The van der Waals surface area contributed by atoms with Crippen LogP contribution >= 0.6 is 0 Å². The van der Waals surface area contributed by atoms with Gasteiger partial charge in [-0.25, -0.2) is 0 Å². The number of nitrogens with zero attached hydrogens (tertiary/aromatic N) is 2. The summed E-state index contributed by atoms with van der Waals surface area (Å²) in [7, 11) is 0. The lowest BCUT2D eigenvalue weighted by Crippen LogP contribution is -2.30. The minimum atomic E-state index is -0.101. The first kappa shape index (κ1) is 27.1. The van der Waals surface area contributed by atoms with Crippen molar-refractivity contribution in [2.24, 2.45) is 10.9 Å². The fourth-order valence-corrected chi connectivity index (χ4v) is 5.27. The Bertz CT molecular complexity index is 1180. The molecule has 0 bridgehead atoms. The molecule has 1 unspecified atom stereocenters. The van der Waals surface area contributed by atoms with Crippen LogP contribution in [0.4, 0.5) is 11.4 Å². The van der Waals surface area contributed by atoms with E-state index in [2.05, 4.69) is 112 Å². The van der Waals surface area contributed by atoms with Crippen LogP contribution < -0.4 is 4.90 Å². The van der Waals surface area contributed by atoms with E-state index in [1.165, 1.54) is 22.5 Å². The largest absolute Gasteiger partial charge is 0.394 e. The number of benzene rings is 2. The molecule has 5 nitrogen and oxygen atoms in total. The number of aliphatic imine (C=N–C) groups is 1. The molecule has 4 rings (SSSR count). The number of anilines is 1. The molecular formula is C32H40N2O3. The number of rotatable bonds is 11. The third-order valence-corrected chi connectivity index (χ3v) is 7.47. The van der Waals surface area contributed by atoms with Gasteiger partial charge in [0.2, 0.25) is 0 Å². The summed E-state index contributed by atoms with van der Waals surface area (Å²) in [4.78, 5) is 7.06. The normalized spacial score (nSPS) is 20.7. The molecule has 2 heterocycles. The summed E-state index contributed by atoms with van der Waals surface area (Å²) < 4.78 is 11.1. The summed E-state index contributed by atoms with van der Waals surface area (Å²) in [6, 6.07) is 17.0. The highest BCUT2D eigenvalue weighted by Gasteiger charge is 2.39. The van der Waals surface area contributed by atoms with Gasteiger partial charge in [0.15, 0.2) is 0 Å². The summed E-state index contributed by atoms with van der Waals surface area (Å²) >= 11 is 0. The van der Waals surface area contributed by atoms with E-state index < -0.39 is 0 Å². The number of aliphatic hydroxyl groups is 1. The molecule has 2 aromatic rings. The lowest BCUT2D eigenvalue weighted by atomic mass is 9.71. The third-order valence-electron chi connectivity index (χ3n) is 7.47. The second-order valence-electron chi connectivity index (χ2n) is 10.6. The van der Waals surface area contributed by atoms with Crippen LogP contribution in [0.25, 0.3) is 0 Å². The quantitative estimate of drug-likeness (QED) is 0.299. The SMILES string of the molecule is CC1(C)\C(=C/C=C/C=C/C2C=Nc3ccccc3C2(C)C)N(CCOCCOCCO)c2ccccc21. The van der Waals surface area contributed by atoms with E-state index >= 15 is 0 Å². The smallest absolute Gasteiger partial charge is 0.0701 e. The van der Waals surface area contributed by atoms with Crippen LogP contribution in [0.2, 0.25) is 0 Å². The molecule has 1 N–H and O–H groups in total. The summed E-state index contributed by atoms with van der Waals surface area (Å²) in [5.74, 6) is 0.238. The minimum Gasteiger partial charge on any atom is -0.394 e. The lowest BCUT2D eigenvalue weighted by Gasteiger charge is -2.34. The molecular weight excluding hydrogens is 460 g/mol. The Hall–Kier alpha value is -2.99. The predicted molar refractivity (Wildman–Crippen MR) is 153 cm³/mol. The third kappa shape index (κ3) is 5.96. The first-order chi connectivity index (χ1) is 17.9. The van der Waals surface area contributed by atoms with Gasteiger partial charge in [0.1, 0.15) is 0 Å². The van der Waals surface area contributed by atoms with Gasteiger partial charge in [0, 0.05) is 40.9 Å². The monoisotopic (exact) mass is 500 g/mol. The number of ether oxygens (including phenoxy) is 2. The van der Waals surface area contributed by atoms with Crippen LogP contribution in [-0.2, 0) is 20.3 Å². The van der Waals surface area contributed by atoms with Gasteiger partial charge in [0.25, 0.3) is 0 Å². The summed E-state index contributed by atoms with van der Waals surface area (Å²) in [5, 5.41) is 8.82. The molecule has 37 heavy (non-hydrogen) atoms. The van der Waals surface area contributed by atoms with Crippen LogP contribution in [0.15, 0.2) is 89.6 Å². The fraction of sp³-hybridized carbons (Fsp3) is 0.406. The number of fused-ring (bicyclic) bond motifs is 2. The van der Waals surface area contributed by atoms with Crippen LogP contribution in [0.1, 0.15) is 38.8 Å². The highest BCUT2D eigenvalue weighted by molar-refractivity contribution is 5.76. The second kappa shape index (κ2) is 12.0. The van der Waals surface area contributed by atoms with Crippen molar-refractivity contribution in [1.82, 2.24) is 0 Å². The molecule has 0 aliphatic carbocycles. The maximum atomic E-state index is 8.82. The Balaban J connectivity index is 1.44. The Morgan fingerprint density at radius 1 is 0.865 bits per heavy atom. The summed E-state index contributed by atoms with van der Waals surface area (Å²) in [6.45, 7) is 11.9. The first-order valence-electron chi connectivity index (χ1n) is 13.2. The van der Waals surface area contributed by atoms with Crippen LogP contribution in [0, 0.1) is 5.92 Å². The Kier molecular flexibility index (Phi) is 8.80. The van der Waals surface area contributed by atoms with E-state index in [9.17, 15) is 0 Å². The molecule has 0 fully saturated rings. The molecule has 0 spiro atoms. The molecule has 0 saturated carbocycles.